The second-order valence-electron chi connectivity index (χ2n) is 4.89. The molecule has 5 heteroatoms. The van der Waals surface area contributed by atoms with Crippen LogP contribution in [-0.4, -0.2) is 28.2 Å². The van der Waals surface area contributed by atoms with Gasteiger partial charge in [0.15, 0.2) is 0 Å². The minimum absolute atomic E-state index is 0.0394. The molecule has 0 spiro atoms. The predicted molar refractivity (Wildman–Crippen MR) is 97.2 cm³/mol. The van der Waals surface area contributed by atoms with Gasteiger partial charge < -0.3 is 4.74 Å². The van der Waals surface area contributed by atoms with E-state index >= 15 is 0 Å². The van der Waals surface area contributed by atoms with Crippen LogP contribution >= 0.6 is 40.3 Å². The highest BCUT2D eigenvalue weighted by Gasteiger charge is 2.05. The van der Waals surface area contributed by atoms with Gasteiger partial charge in [0.25, 0.3) is 0 Å². The van der Waals surface area contributed by atoms with Crippen LogP contribution in [0.15, 0.2) is 0 Å². The molecular weight excluding hydrogens is 356 g/mol. The van der Waals surface area contributed by atoms with E-state index in [1.807, 2.05) is 11.8 Å². The number of halogens is 1. The molecule has 0 aliphatic heterocycles. The van der Waals surface area contributed by atoms with Crippen molar-refractivity contribution in [3.05, 3.63) is 0 Å². The van der Waals surface area contributed by atoms with Gasteiger partial charge in [0.2, 0.25) is 0 Å². The molecule has 1 atom stereocenters. The van der Waals surface area contributed by atoms with Crippen LogP contribution < -0.4 is 0 Å². The third kappa shape index (κ3) is 15.0. The first kappa shape index (κ1) is 20.6. The lowest BCUT2D eigenvalue weighted by atomic mass is 10.2. The van der Waals surface area contributed by atoms with Crippen molar-refractivity contribution in [1.29, 1.82) is 0 Å². The average molecular weight is 385 g/mol. The summed E-state index contributed by atoms with van der Waals surface area (Å²) in [6.07, 6.45) is 9.37. The molecular formula is C15H29BrO2S2. The van der Waals surface area contributed by atoms with Crippen LogP contribution in [-0.2, 0) is 9.53 Å². The normalized spacial score (nSPS) is 12.3. The molecule has 0 aromatic carbocycles. The summed E-state index contributed by atoms with van der Waals surface area (Å²) in [5, 5.41) is 1.06. The quantitative estimate of drug-likeness (QED) is 0.142. The molecule has 0 aromatic rings. The van der Waals surface area contributed by atoms with Crippen molar-refractivity contribution in [3.63, 3.8) is 0 Å². The fraction of sp³-hybridized carbons (Fsp3) is 0.933. The summed E-state index contributed by atoms with van der Waals surface area (Å²) in [4.78, 5) is 11.5. The monoisotopic (exact) mass is 384 g/mol. The number of carbonyl (C=O) groups excluding carboxylic acids is 1. The van der Waals surface area contributed by atoms with E-state index in [1.54, 1.807) is 0 Å². The zero-order chi connectivity index (χ0) is 15.1. The molecule has 0 radical (unpaired) electrons. The Balaban J connectivity index is 3.28. The van der Waals surface area contributed by atoms with Gasteiger partial charge in [0.05, 0.1) is 6.61 Å². The van der Waals surface area contributed by atoms with Crippen LogP contribution in [0.5, 0.6) is 0 Å². The summed E-state index contributed by atoms with van der Waals surface area (Å²) in [6.45, 7) is 2.77. The molecule has 0 N–H and O–H groups in total. The highest BCUT2D eigenvalue weighted by molar-refractivity contribution is 9.09. The maximum atomic E-state index is 11.5. The van der Waals surface area contributed by atoms with Gasteiger partial charge in [-0.15, -0.1) is 11.8 Å². The molecule has 0 amide bonds. The lowest BCUT2D eigenvalue weighted by Crippen LogP contribution is -2.06. The maximum absolute atomic E-state index is 11.5. The van der Waals surface area contributed by atoms with Crippen molar-refractivity contribution in [1.82, 2.24) is 0 Å². The largest absolute Gasteiger partial charge is 0.466 e. The van der Waals surface area contributed by atoms with Crippen LogP contribution in [0.3, 0.4) is 0 Å². The zero-order valence-electron chi connectivity index (χ0n) is 12.6. The van der Waals surface area contributed by atoms with Gasteiger partial charge in [-0.1, -0.05) is 42.1 Å². The fourth-order valence-electron chi connectivity index (χ4n) is 1.73. The number of carbonyl (C=O) groups is 1. The Hall–Kier alpha value is 0.650. The summed E-state index contributed by atoms with van der Waals surface area (Å²) in [5.74, 6) is 1.13. The first-order chi connectivity index (χ1) is 9.70. The van der Waals surface area contributed by atoms with E-state index in [2.05, 4.69) is 35.5 Å². The molecule has 0 saturated heterocycles. The van der Waals surface area contributed by atoms with E-state index < -0.39 is 0 Å². The lowest BCUT2D eigenvalue weighted by Gasteiger charge is -2.09. The number of ether oxygens (including phenoxy) is 1. The van der Waals surface area contributed by atoms with E-state index in [-0.39, 0.29) is 5.97 Å². The van der Waals surface area contributed by atoms with Gasteiger partial charge >= 0.3 is 5.97 Å². The average Bonchev–Trinajstić information content (AvgIpc) is 2.45. The summed E-state index contributed by atoms with van der Waals surface area (Å²) in [6, 6.07) is 0. The van der Waals surface area contributed by atoms with Gasteiger partial charge in [-0.3, -0.25) is 4.79 Å². The molecule has 0 saturated carbocycles. The van der Waals surface area contributed by atoms with E-state index in [0.717, 1.165) is 37.4 Å². The Morgan fingerprint density at radius 1 is 1.20 bits per heavy atom. The Kier molecular flexibility index (Phi) is 16.5. The van der Waals surface area contributed by atoms with Gasteiger partial charge in [0, 0.05) is 16.3 Å². The van der Waals surface area contributed by atoms with Gasteiger partial charge in [-0.2, -0.15) is 12.6 Å². The van der Waals surface area contributed by atoms with Crippen LogP contribution in [0.2, 0.25) is 0 Å². The summed E-state index contributed by atoms with van der Waals surface area (Å²) in [7, 11) is 0. The predicted octanol–water partition coefficient (Wildman–Crippen LogP) is 5.44. The van der Waals surface area contributed by atoms with Crippen molar-refractivity contribution >= 4 is 46.3 Å². The number of hydrogen-bond donors (Lipinski definition) is 1. The number of thioether (sulfide) groups is 1. The lowest BCUT2D eigenvalue weighted by molar-refractivity contribution is -0.143. The van der Waals surface area contributed by atoms with Gasteiger partial charge in [0.1, 0.15) is 0 Å². The second kappa shape index (κ2) is 16.0. The Morgan fingerprint density at radius 2 is 1.95 bits per heavy atom. The molecule has 20 heavy (non-hydrogen) atoms. The standard InChI is InChI=1S/C15H29BrO2S2/c1-2-13-20-15(19)10-6-5-9-14(17)18-12-8-4-3-7-11-16/h15,19H,2-13H2,1H3. The number of esters is 1. The van der Waals surface area contributed by atoms with E-state index in [4.69, 9.17) is 4.74 Å². The van der Waals surface area contributed by atoms with Crippen molar-refractivity contribution in [3.8, 4) is 0 Å². The van der Waals surface area contributed by atoms with Crippen LogP contribution in [0.1, 0.15) is 64.7 Å². The fourth-order valence-corrected chi connectivity index (χ4v) is 3.47. The molecule has 0 bridgehead atoms. The van der Waals surface area contributed by atoms with Crippen LogP contribution in [0.4, 0.5) is 0 Å². The van der Waals surface area contributed by atoms with Crippen molar-refractivity contribution in [2.45, 2.75) is 69.3 Å². The SMILES string of the molecule is CCCSC(S)CCCCC(=O)OCCCCCCBr. The maximum Gasteiger partial charge on any atom is 0.305 e. The summed E-state index contributed by atoms with van der Waals surface area (Å²) < 4.78 is 5.64. The van der Waals surface area contributed by atoms with Crippen molar-refractivity contribution in [2.75, 3.05) is 17.7 Å². The molecule has 0 heterocycles. The summed E-state index contributed by atoms with van der Waals surface area (Å²) in [5.41, 5.74) is 0. The number of rotatable bonds is 14. The molecule has 2 nitrogen and oxygen atoms in total. The Morgan fingerprint density at radius 3 is 2.65 bits per heavy atom. The second-order valence-corrected chi connectivity index (χ2v) is 7.97. The number of alkyl halides is 1. The van der Waals surface area contributed by atoms with Crippen LogP contribution in [0.25, 0.3) is 0 Å². The van der Waals surface area contributed by atoms with Crippen molar-refractivity contribution in [2.24, 2.45) is 0 Å². The van der Waals surface area contributed by atoms with E-state index in [0.29, 0.717) is 17.6 Å². The molecule has 0 aliphatic rings. The third-order valence-electron chi connectivity index (χ3n) is 2.89. The molecule has 0 aliphatic carbocycles. The molecule has 1 unspecified atom stereocenters. The van der Waals surface area contributed by atoms with E-state index in [9.17, 15) is 4.79 Å². The first-order valence-corrected chi connectivity index (χ1v) is 10.4. The number of hydrogen-bond acceptors (Lipinski definition) is 4. The number of unbranched alkanes of at least 4 members (excludes halogenated alkanes) is 4. The highest BCUT2D eigenvalue weighted by atomic mass is 79.9. The Labute approximate surface area is 142 Å². The minimum atomic E-state index is -0.0394. The topological polar surface area (TPSA) is 26.3 Å². The Bertz CT molecular complexity index is 228. The highest BCUT2D eigenvalue weighted by Crippen LogP contribution is 2.21. The summed E-state index contributed by atoms with van der Waals surface area (Å²) >= 11 is 9.84. The smallest absolute Gasteiger partial charge is 0.305 e. The van der Waals surface area contributed by atoms with Crippen molar-refractivity contribution < 1.29 is 9.53 Å². The molecule has 0 aromatic heterocycles. The van der Waals surface area contributed by atoms with E-state index in [1.165, 1.54) is 25.0 Å². The number of thiol groups is 1. The molecule has 120 valence electrons. The molecule has 0 rings (SSSR count). The zero-order valence-corrected chi connectivity index (χ0v) is 15.9. The van der Waals surface area contributed by atoms with Crippen LogP contribution in [0, 0.1) is 0 Å². The molecule has 0 fully saturated rings. The third-order valence-corrected chi connectivity index (χ3v) is 5.42. The first-order valence-electron chi connectivity index (χ1n) is 7.72. The minimum Gasteiger partial charge on any atom is -0.466 e. The van der Waals surface area contributed by atoms with Gasteiger partial charge in [-0.25, -0.2) is 0 Å². The van der Waals surface area contributed by atoms with Gasteiger partial charge in [-0.05, 0) is 37.9 Å².